The van der Waals surface area contributed by atoms with Crippen molar-refractivity contribution in [1.29, 1.82) is 0 Å². The summed E-state index contributed by atoms with van der Waals surface area (Å²) in [6.07, 6.45) is 0.730. The third kappa shape index (κ3) is 3.44. The molecule has 0 amide bonds. The number of halogens is 2. The first-order valence-corrected chi connectivity index (χ1v) is 6.44. The van der Waals surface area contributed by atoms with Crippen LogP contribution in [-0.4, -0.2) is 18.1 Å². The summed E-state index contributed by atoms with van der Waals surface area (Å²) in [6, 6.07) is 10.7. The van der Waals surface area contributed by atoms with Crippen LogP contribution in [-0.2, 0) is 6.42 Å². The van der Waals surface area contributed by atoms with E-state index in [1.165, 1.54) is 0 Å². The van der Waals surface area contributed by atoms with Crippen molar-refractivity contribution in [2.75, 3.05) is 17.7 Å². The summed E-state index contributed by atoms with van der Waals surface area (Å²) in [5, 5.41) is 5.56. The summed E-state index contributed by atoms with van der Waals surface area (Å²) in [6.45, 7) is 1.93. The third-order valence-corrected chi connectivity index (χ3v) is 2.93. The Bertz CT molecular complexity index is 573. The Balaban J connectivity index is 2.09. The van der Waals surface area contributed by atoms with Crippen molar-refractivity contribution in [3.8, 4) is 0 Å². The molecule has 3 nitrogen and oxygen atoms in total. The number of nitrogens with one attached hydrogen (secondary N) is 2. The van der Waals surface area contributed by atoms with Gasteiger partial charge in [-0.1, -0.05) is 30.3 Å². The summed E-state index contributed by atoms with van der Waals surface area (Å²) in [5.41, 5.74) is 1.14. The Morgan fingerprint density at radius 2 is 1.75 bits per heavy atom. The topological polar surface area (TPSA) is 37.0 Å². The number of anilines is 2. The second-order valence-corrected chi connectivity index (χ2v) is 4.63. The number of benzene rings is 1. The second kappa shape index (κ2) is 6.32. The maximum atomic E-state index is 13.7. The summed E-state index contributed by atoms with van der Waals surface area (Å²) >= 11 is 0. The van der Waals surface area contributed by atoms with Gasteiger partial charge < -0.3 is 10.6 Å². The fourth-order valence-electron chi connectivity index (χ4n) is 2.00. The van der Waals surface area contributed by atoms with Gasteiger partial charge in [0.25, 0.3) is 0 Å². The van der Waals surface area contributed by atoms with Gasteiger partial charge in [0, 0.05) is 19.2 Å². The van der Waals surface area contributed by atoms with Gasteiger partial charge >= 0.3 is 0 Å². The molecular weight excluding hydrogens is 260 g/mol. The first-order valence-electron chi connectivity index (χ1n) is 6.44. The lowest BCUT2D eigenvalue weighted by Crippen LogP contribution is -2.20. The number of aromatic nitrogens is 1. The first-order chi connectivity index (χ1) is 9.60. The lowest BCUT2D eigenvalue weighted by molar-refractivity contribution is 0.576. The van der Waals surface area contributed by atoms with Crippen molar-refractivity contribution in [2.45, 2.75) is 19.4 Å². The van der Waals surface area contributed by atoms with Gasteiger partial charge in [0.1, 0.15) is 0 Å². The van der Waals surface area contributed by atoms with Crippen molar-refractivity contribution >= 4 is 11.6 Å². The molecule has 0 fully saturated rings. The number of nitrogens with zero attached hydrogens (tertiary/aromatic N) is 1. The van der Waals surface area contributed by atoms with E-state index in [-0.39, 0.29) is 17.7 Å². The van der Waals surface area contributed by atoms with E-state index < -0.39 is 11.6 Å². The Labute approximate surface area is 117 Å². The summed E-state index contributed by atoms with van der Waals surface area (Å²) in [5.74, 6) is -1.31. The molecule has 0 bridgehead atoms. The van der Waals surface area contributed by atoms with E-state index in [0.29, 0.717) is 0 Å². The number of hydrogen-bond acceptors (Lipinski definition) is 3. The molecule has 2 N–H and O–H groups in total. The zero-order chi connectivity index (χ0) is 14.5. The van der Waals surface area contributed by atoms with Gasteiger partial charge in [0.15, 0.2) is 23.3 Å². The highest BCUT2D eigenvalue weighted by Crippen LogP contribution is 2.19. The Morgan fingerprint density at radius 3 is 2.40 bits per heavy atom. The van der Waals surface area contributed by atoms with Crippen molar-refractivity contribution in [1.82, 2.24) is 4.98 Å². The molecule has 1 aromatic carbocycles. The second-order valence-electron chi connectivity index (χ2n) is 4.63. The van der Waals surface area contributed by atoms with E-state index in [4.69, 9.17) is 0 Å². The van der Waals surface area contributed by atoms with Crippen LogP contribution in [0.1, 0.15) is 12.5 Å². The predicted molar refractivity (Wildman–Crippen MR) is 76.9 cm³/mol. The average Bonchev–Trinajstić information content (AvgIpc) is 2.43. The van der Waals surface area contributed by atoms with E-state index >= 15 is 0 Å². The summed E-state index contributed by atoms with van der Waals surface area (Å²) in [4.78, 5) is 3.90. The average molecular weight is 277 g/mol. The molecule has 0 radical (unpaired) electrons. The molecule has 0 aliphatic carbocycles. The molecule has 2 aromatic rings. The summed E-state index contributed by atoms with van der Waals surface area (Å²) < 4.78 is 27.0. The molecule has 0 saturated carbocycles. The van der Waals surface area contributed by atoms with E-state index in [0.717, 1.165) is 18.1 Å². The Kier molecular flexibility index (Phi) is 4.50. The van der Waals surface area contributed by atoms with Gasteiger partial charge in [-0.3, -0.25) is 0 Å². The highest BCUT2D eigenvalue weighted by atomic mass is 19.1. The van der Waals surface area contributed by atoms with E-state index in [1.807, 2.05) is 37.3 Å². The number of hydrogen-bond donors (Lipinski definition) is 2. The van der Waals surface area contributed by atoms with Crippen LogP contribution in [0.5, 0.6) is 0 Å². The minimum atomic E-state index is -0.703. The van der Waals surface area contributed by atoms with Crippen molar-refractivity contribution < 1.29 is 8.78 Å². The lowest BCUT2D eigenvalue weighted by atomic mass is 10.1. The van der Waals surface area contributed by atoms with Crippen LogP contribution < -0.4 is 10.6 Å². The Morgan fingerprint density at radius 1 is 1.10 bits per heavy atom. The molecular formula is C15H17F2N3. The molecule has 106 valence electrons. The minimum Gasteiger partial charge on any atom is -0.371 e. The molecule has 0 spiro atoms. The number of rotatable bonds is 5. The largest absolute Gasteiger partial charge is 0.371 e. The number of pyridine rings is 1. The molecule has 0 aliphatic rings. The molecule has 0 saturated heterocycles. The highest BCUT2D eigenvalue weighted by molar-refractivity contribution is 5.47. The lowest BCUT2D eigenvalue weighted by Gasteiger charge is -2.16. The fraction of sp³-hybridized carbons (Fsp3) is 0.267. The molecule has 1 heterocycles. The summed E-state index contributed by atoms with van der Waals surface area (Å²) in [7, 11) is 1.54. The molecule has 0 aliphatic heterocycles. The van der Waals surface area contributed by atoms with Gasteiger partial charge in [0.2, 0.25) is 0 Å². The molecule has 5 heteroatoms. The van der Waals surface area contributed by atoms with Crippen LogP contribution >= 0.6 is 0 Å². The van der Waals surface area contributed by atoms with Crippen molar-refractivity contribution in [3.63, 3.8) is 0 Å². The van der Waals surface area contributed by atoms with Crippen LogP contribution in [0.2, 0.25) is 0 Å². The molecule has 1 aromatic heterocycles. The van der Waals surface area contributed by atoms with Gasteiger partial charge in [-0.05, 0) is 18.9 Å². The zero-order valence-corrected chi connectivity index (χ0v) is 11.5. The highest BCUT2D eigenvalue weighted by Gasteiger charge is 2.13. The van der Waals surface area contributed by atoms with Crippen LogP contribution in [0.15, 0.2) is 36.4 Å². The molecule has 1 atom stereocenters. The molecule has 20 heavy (non-hydrogen) atoms. The van der Waals surface area contributed by atoms with Crippen molar-refractivity contribution in [2.24, 2.45) is 0 Å². The smallest absolute Gasteiger partial charge is 0.168 e. The van der Waals surface area contributed by atoms with Crippen molar-refractivity contribution in [3.05, 3.63) is 53.6 Å². The van der Waals surface area contributed by atoms with Crippen LogP contribution in [0.4, 0.5) is 20.4 Å². The van der Waals surface area contributed by atoms with Gasteiger partial charge in [-0.25, -0.2) is 13.8 Å². The SMILES string of the molecule is CNc1nc(NC(C)Cc2ccccc2)c(F)cc1F. The van der Waals surface area contributed by atoms with Crippen LogP contribution in [0.3, 0.4) is 0 Å². The van der Waals surface area contributed by atoms with Crippen LogP contribution in [0, 0.1) is 11.6 Å². The van der Waals surface area contributed by atoms with Gasteiger partial charge in [-0.2, -0.15) is 0 Å². The van der Waals surface area contributed by atoms with E-state index in [9.17, 15) is 8.78 Å². The predicted octanol–water partition coefficient (Wildman–Crippen LogP) is 3.44. The first kappa shape index (κ1) is 14.2. The molecule has 2 rings (SSSR count). The minimum absolute atomic E-state index is 0.0189. The normalized spacial score (nSPS) is 12.0. The monoisotopic (exact) mass is 277 g/mol. The van der Waals surface area contributed by atoms with E-state index in [2.05, 4.69) is 15.6 Å². The quantitative estimate of drug-likeness (QED) is 0.879. The zero-order valence-electron chi connectivity index (χ0n) is 11.5. The van der Waals surface area contributed by atoms with Gasteiger partial charge in [0.05, 0.1) is 0 Å². The fourth-order valence-corrected chi connectivity index (χ4v) is 2.00. The Hall–Kier alpha value is -2.17. The van der Waals surface area contributed by atoms with E-state index in [1.54, 1.807) is 7.05 Å². The standard InChI is InChI=1S/C15H17F2N3/c1-10(8-11-6-4-3-5-7-11)19-15-13(17)9-12(16)14(18-2)20-15/h3-7,9-10H,8H2,1-2H3,(H2,18,19,20). The molecule has 1 unspecified atom stereocenters. The third-order valence-electron chi connectivity index (χ3n) is 2.93. The van der Waals surface area contributed by atoms with Gasteiger partial charge in [-0.15, -0.1) is 0 Å². The maximum Gasteiger partial charge on any atom is 0.168 e. The van der Waals surface area contributed by atoms with Crippen LogP contribution in [0.25, 0.3) is 0 Å². The maximum absolute atomic E-state index is 13.7.